The number of carbonyl (C=O) groups is 6. The number of hydrogen-bond acceptors (Lipinski definition) is 15. The Morgan fingerprint density at radius 1 is 0.645 bits per heavy atom. The number of ketones is 1. The molecule has 5 amide bonds. The molecule has 3 heterocycles. The van der Waals surface area contributed by atoms with Crippen LogP contribution in [0, 0.1) is 5.92 Å². The second-order valence-electron chi connectivity index (χ2n) is 29.5. The number of anilines is 1. The maximum atomic E-state index is 14.7. The third kappa shape index (κ3) is 20.2. The summed E-state index contributed by atoms with van der Waals surface area (Å²) >= 11 is 0. The van der Waals surface area contributed by atoms with Crippen LogP contribution >= 0.6 is 0 Å². The van der Waals surface area contributed by atoms with Gasteiger partial charge >= 0.3 is 0 Å². The Kier molecular flexibility index (Phi) is 27.7. The Bertz CT molecular complexity index is 4980. The number of aromatic nitrogens is 3. The zero-order valence-corrected chi connectivity index (χ0v) is 66.4. The van der Waals surface area contributed by atoms with Crippen molar-refractivity contribution < 1.29 is 55.1 Å². The van der Waals surface area contributed by atoms with Crippen LogP contribution in [0.25, 0.3) is 33.4 Å². The van der Waals surface area contributed by atoms with E-state index < -0.39 is 44.0 Å². The lowest BCUT2D eigenvalue weighted by molar-refractivity contribution is -0.134. The fourth-order valence-electron chi connectivity index (χ4n) is 13.8. The first-order chi connectivity index (χ1) is 52.6. The van der Waals surface area contributed by atoms with Gasteiger partial charge in [-0.25, -0.2) is 26.1 Å². The summed E-state index contributed by atoms with van der Waals surface area (Å²) in [5, 5.41) is 30.7. The molecule has 0 radical (unpaired) electrons. The van der Waals surface area contributed by atoms with Gasteiger partial charge in [-0.15, -0.1) is 5.10 Å². The van der Waals surface area contributed by atoms with E-state index >= 15 is 0 Å². The lowest BCUT2D eigenvalue weighted by Crippen LogP contribution is -2.50. The summed E-state index contributed by atoms with van der Waals surface area (Å²) in [5.41, 5.74) is 7.64. The molecule has 582 valence electrons. The number of hydrogen-bond donors (Lipinski definition) is 4. The molecule has 4 N–H and O–H groups in total. The number of amides is 5. The number of nitrogens with one attached hydrogen (secondary N) is 3. The highest BCUT2D eigenvalue weighted by Crippen LogP contribution is 2.43. The molecule has 3 aliphatic rings. The van der Waals surface area contributed by atoms with Gasteiger partial charge in [-0.05, 0) is 136 Å². The molecule has 23 nitrogen and oxygen atoms in total. The maximum absolute atomic E-state index is 14.7. The summed E-state index contributed by atoms with van der Waals surface area (Å²) in [6, 6.07) is 45.7. The number of rotatable bonds is 34. The van der Waals surface area contributed by atoms with Crippen LogP contribution in [0.5, 0.6) is 0 Å². The molecule has 10 rings (SSSR count). The molecule has 25 heteroatoms. The van der Waals surface area contributed by atoms with E-state index in [0.29, 0.717) is 79.9 Å². The Balaban J connectivity index is 0.696. The summed E-state index contributed by atoms with van der Waals surface area (Å²) in [4.78, 5) is 88.0. The molecule has 7 aromatic rings. The van der Waals surface area contributed by atoms with Crippen LogP contribution in [0.15, 0.2) is 189 Å². The molecule has 6 aromatic carbocycles. The van der Waals surface area contributed by atoms with Crippen molar-refractivity contribution in [1.29, 1.82) is 0 Å². The summed E-state index contributed by atoms with van der Waals surface area (Å²) in [6.07, 6.45) is 1.92. The van der Waals surface area contributed by atoms with Crippen LogP contribution in [-0.2, 0) is 57.4 Å². The van der Waals surface area contributed by atoms with Gasteiger partial charge in [0, 0.05) is 136 Å². The molecule has 110 heavy (non-hydrogen) atoms. The number of aliphatic hydroxyl groups excluding tert-OH is 1. The second-order valence-corrected chi connectivity index (χ2v) is 33.3. The van der Waals surface area contributed by atoms with E-state index in [0.717, 1.165) is 80.5 Å². The third-order valence-corrected chi connectivity index (χ3v) is 24.0. The van der Waals surface area contributed by atoms with Crippen LogP contribution in [-0.4, -0.2) is 170 Å². The van der Waals surface area contributed by atoms with Gasteiger partial charge in [-0.3, -0.25) is 28.8 Å². The van der Waals surface area contributed by atoms with Crippen molar-refractivity contribution in [3.8, 4) is 22.5 Å². The summed E-state index contributed by atoms with van der Waals surface area (Å²) < 4.78 is 67.3. The molecule has 2 aliphatic heterocycles. The van der Waals surface area contributed by atoms with Gasteiger partial charge < -0.3 is 40.2 Å². The van der Waals surface area contributed by atoms with Gasteiger partial charge in [0.2, 0.25) is 48.8 Å². The molecule has 1 aromatic heterocycles. The highest BCUT2D eigenvalue weighted by Gasteiger charge is 2.33. The lowest BCUT2D eigenvalue weighted by atomic mass is 9.87. The van der Waals surface area contributed by atoms with Crippen molar-refractivity contribution in [1.82, 2.24) is 49.6 Å². The predicted octanol–water partition coefficient (Wildman–Crippen LogP) is 10.9. The number of sulfonamides is 1. The van der Waals surface area contributed by atoms with Crippen LogP contribution < -0.4 is 30.8 Å². The molecule has 0 spiro atoms. The smallest absolute Gasteiger partial charge is 0.254 e. The fraction of sp³-hybridized carbons (Fsp3) is 0.400. The van der Waals surface area contributed by atoms with E-state index in [-0.39, 0.29) is 101 Å². The van der Waals surface area contributed by atoms with Gasteiger partial charge in [0.25, 0.3) is 5.91 Å². The number of aliphatic hydroxyl groups is 1. The first-order valence-electron chi connectivity index (χ1n) is 38.2. The number of fused-ring (bicyclic) bond motifs is 2. The van der Waals surface area contributed by atoms with Crippen LogP contribution in [0.2, 0.25) is 0 Å². The normalized spacial score (nSPS) is 13.6. The topological polar surface area (TPSA) is 287 Å². The van der Waals surface area contributed by atoms with E-state index in [1.54, 1.807) is 89.5 Å². The lowest BCUT2D eigenvalue weighted by Gasteiger charge is -2.35. The van der Waals surface area contributed by atoms with Gasteiger partial charge in [0.05, 0.1) is 45.6 Å². The molecule has 1 unspecified atom stereocenters. The molecular formula is C85H104N11O12S2+. The summed E-state index contributed by atoms with van der Waals surface area (Å²) in [6.45, 7) is 24.5. The Morgan fingerprint density at radius 2 is 1.28 bits per heavy atom. The van der Waals surface area contributed by atoms with Crippen molar-refractivity contribution >= 4 is 71.8 Å². The van der Waals surface area contributed by atoms with E-state index in [9.17, 15) is 50.7 Å². The van der Waals surface area contributed by atoms with Crippen molar-refractivity contribution in [3.63, 3.8) is 0 Å². The molecule has 1 saturated heterocycles. The molecule has 0 bridgehead atoms. The molecule has 1 aliphatic carbocycles. The van der Waals surface area contributed by atoms with E-state index in [1.807, 2.05) is 65.0 Å². The van der Waals surface area contributed by atoms with Gasteiger partial charge in [0.1, 0.15) is 36.2 Å². The average molecular weight is 1540 g/mol. The van der Waals surface area contributed by atoms with E-state index in [4.69, 9.17) is 4.42 Å². The number of unbranched alkanes of at least 4 members (excludes halogenated alkanes) is 2. The first kappa shape index (κ1) is 82.3. The van der Waals surface area contributed by atoms with E-state index in [1.165, 1.54) is 35.1 Å². The number of sulfone groups is 1. The largest absolute Gasteiger partial charge is 0.456 e. The maximum Gasteiger partial charge on any atom is 0.254 e. The molecule has 0 saturated carbocycles. The molecular weight excluding hydrogens is 1430 g/mol. The number of benzene rings is 7. The van der Waals surface area contributed by atoms with E-state index in [2.05, 4.69) is 99.8 Å². The van der Waals surface area contributed by atoms with Crippen molar-refractivity contribution in [2.24, 2.45) is 5.92 Å². The fourth-order valence-corrected chi connectivity index (χ4v) is 16.7. The van der Waals surface area contributed by atoms with Crippen LogP contribution in [0.4, 0.5) is 5.69 Å². The zero-order valence-electron chi connectivity index (χ0n) is 64.7. The Morgan fingerprint density at radius 3 is 1.94 bits per heavy atom. The predicted molar refractivity (Wildman–Crippen MR) is 427 cm³/mol. The quantitative estimate of drug-likeness (QED) is 0.0126. The first-order valence-corrected chi connectivity index (χ1v) is 41.1. The van der Waals surface area contributed by atoms with Gasteiger partial charge in [-0.2, -0.15) is 4.31 Å². The summed E-state index contributed by atoms with van der Waals surface area (Å²) in [5.74, 6) is -1.11. The summed E-state index contributed by atoms with van der Waals surface area (Å²) in [7, 11) is -8.23. The third-order valence-electron chi connectivity index (χ3n) is 20.3. The monoisotopic (exact) mass is 1530 g/mol. The van der Waals surface area contributed by atoms with Crippen LogP contribution in [0.3, 0.4) is 0 Å². The molecule has 3 atom stereocenters. The highest BCUT2D eigenvalue weighted by atomic mass is 32.2. The van der Waals surface area contributed by atoms with Gasteiger partial charge in [-0.1, -0.05) is 131 Å². The Labute approximate surface area is 646 Å². The number of piperazine rings is 1. The number of carbonyl (C=O) groups excluding carboxylic acids is 6. The van der Waals surface area contributed by atoms with Crippen molar-refractivity contribution in [3.05, 3.63) is 209 Å². The Hall–Kier alpha value is -10.2. The minimum Gasteiger partial charge on any atom is -0.456 e. The van der Waals surface area contributed by atoms with Crippen molar-refractivity contribution in [2.75, 3.05) is 76.9 Å². The number of nitrogens with zero attached hydrogens (tertiary/aromatic N) is 8. The second kappa shape index (κ2) is 37.0. The van der Waals surface area contributed by atoms with Crippen LogP contribution in [0.1, 0.15) is 157 Å². The highest BCUT2D eigenvalue weighted by molar-refractivity contribution is 7.91. The minimum atomic E-state index is -4.26. The van der Waals surface area contributed by atoms with Crippen molar-refractivity contribution in [2.45, 2.75) is 159 Å². The standard InChI is InChI=1S/C85H103N11O12S2/c1-11-91(12-2)65-34-42-72-76(52-65)108-77-53-66(92(13-3)14-4)35-43-73(77)81(72)70-25-20-21-26-71(70)84(103)94-49-47-93(48-50-94)80(100)45-44-78(98)86-46-22-16-19-27-79(99)88-74(51-60-28-30-62(31-29-60)82(101)61-23-17-15-18-24-61)83(102)87-54-64-56-96(90-89-64)59(7)75(97)57-95(55-58(5)6)110(106,107)69-40-38-68(39-41-69)109(104,105)67-36-32-63(33-37-67)85(8,9)10/h15,17-18,20-21,23-26,28-43,52-53,56,58-59,74-75,97H,11-14,16,19,22,27,44-51,54-55,57H2,1-10H3,(H2-,86,87,88,98,99,102)/p+1/t59-,74-,75?/m0/s1. The zero-order chi connectivity index (χ0) is 79.0. The molecule has 1 fully saturated rings. The van der Waals surface area contributed by atoms with Gasteiger partial charge in [0.15, 0.2) is 5.78 Å². The average Bonchev–Trinajstić information content (AvgIpc) is 0.817. The SMILES string of the molecule is CCN(CC)c1ccc2c(-c3ccccc3C(=O)N3CCN(C(=O)CCC(=O)NCCCCCC(=O)N[C@@H](Cc4ccc(C(=O)c5ccccc5)cc4)C(=O)NCc4cn([C@@H](C)C(O)CN(CC(C)C)S(=O)(=O)c5ccc(S(=O)(=O)c6ccc(C(C)(C)C)cc6)cc5)nn4)CC3)c3ccc(=[N+](CC)CC)cc-3oc2c1. The minimum absolute atomic E-state index is 0.00395.